The third kappa shape index (κ3) is 5.45. The van der Waals surface area contributed by atoms with Crippen LogP contribution in [0.3, 0.4) is 0 Å². The summed E-state index contributed by atoms with van der Waals surface area (Å²) < 4.78 is 0. The molecule has 0 unspecified atom stereocenters. The molecule has 0 spiro atoms. The smallest absolute Gasteiger partial charge is 0.191 e. The van der Waals surface area contributed by atoms with Crippen molar-refractivity contribution in [3.8, 4) is 0 Å². The molecule has 0 saturated carbocycles. The van der Waals surface area contributed by atoms with Crippen LogP contribution in [-0.2, 0) is 13.0 Å². The van der Waals surface area contributed by atoms with Crippen LogP contribution in [0.4, 0.5) is 0 Å². The van der Waals surface area contributed by atoms with Crippen LogP contribution in [0.15, 0.2) is 47.7 Å². The standard InChI is InChI=1S/C21H27N5.HI/c1-4-22-21(26-14-19-15(2)8-6-11-23-19)24-12-10-17-13-25-18-9-5-7-16(3)20(17)18;/h5-9,11,13,25H,4,10,12,14H2,1-3H3,(H2,22,24,26);1H. The maximum Gasteiger partial charge on any atom is 0.191 e. The molecule has 0 atom stereocenters. The van der Waals surface area contributed by atoms with Crippen LogP contribution in [0.5, 0.6) is 0 Å². The molecule has 27 heavy (non-hydrogen) atoms. The van der Waals surface area contributed by atoms with Crippen molar-refractivity contribution < 1.29 is 0 Å². The monoisotopic (exact) mass is 477 g/mol. The number of benzene rings is 1. The van der Waals surface area contributed by atoms with Crippen molar-refractivity contribution in [1.82, 2.24) is 20.6 Å². The Hall–Kier alpha value is -2.09. The van der Waals surface area contributed by atoms with Crippen molar-refractivity contribution in [1.29, 1.82) is 0 Å². The maximum absolute atomic E-state index is 4.67. The van der Waals surface area contributed by atoms with Crippen LogP contribution in [0.1, 0.15) is 29.3 Å². The lowest BCUT2D eigenvalue weighted by atomic mass is 10.1. The van der Waals surface area contributed by atoms with E-state index in [1.165, 1.54) is 27.6 Å². The predicted octanol–water partition coefficient (Wildman–Crippen LogP) is 4.10. The highest BCUT2D eigenvalue weighted by atomic mass is 127. The number of fused-ring (bicyclic) bond motifs is 1. The molecule has 0 radical (unpaired) electrons. The van der Waals surface area contributed by atoms with E-state index in [4.69, 9.17) is 0 Å². The molecular formula is C21H28IN5. The maximum atomic E-state index is 4.67. The zero-order valence-corrected chi connectivity index (χ0v) is 18.5. The van der Waals surface area contributed by atoms with Crippen LogP contribution in [0.25, 0.3) is 10.9 Å². The summed E-state index contributed by atoms with van der Waals surface area (Å²) in [7, 11) is 0. The fraction of sp³-hybridized carbons (Fsp3) is 0.333. The number of halogens is 1. The van der Waals surface area contributed by atoms with Crippen LogP contribution in [-0.4, -0.2) is 29.0 Å². The van der Waals surface area contributed by atoms with E-state index in [1.54, 1.807) is 0 Å². The van der Waals surface area contributed by atoms with E-state index in [0.717, 1.165) is 31.2 Å². The number of hydrogen-bond donors (Lipinski definition) is 3. The summed E-state index contributed by atoms with van der Waals surface area (Å²) in [5.74, 6) is 0.828. The number of nitrogens with zero attached hydrogens (tertiary/aromatic N) is 2. The van der Waals surface area contributed by atoms with Gasteiger partial charge in [0.25, 0.3) is 0 Å². The van der Waals surface area contributed by atoms with Gasteiger partial charge in [-0.2, -0.15) is 0 Å². The zero-order chi connectivity index (χ0) is 18.4. The summed E-state index contributed by atoms with van der Waals surface area (Å²) in [4.78, 5) is 12.4. The Morgan fingerprint density at radius 1 is 1.11 bits per heavy atom. The van der Waals surface area contributed by atoms with E-state index in [2.05, 4.69) is 76.8 Å². The molecule has 0 bridgehead atoms. The van der Waals surface area contributed by atoms with Crippen LogP contribution in [0.2, 0.25) is 0 Å². The van der Waals surface area contributed by atoms with Gasteiger partial charge >= 0.3 is 0 Å². The first-order valence-electron chi connectivity index (χ1n) is 9.17. The molecule has 2 aromatic heterocycles. The van der Waals surface area contributed by atoms with Crippen LogP contribution < -0.4 is 10.6 Å². The van der Waals surface area contributed by atoms with Crippen molar-refractivity contribution >= 4 is 40.8 Å². The molecule has 0 amide bonds. The first-order chi connectivity index (χ1) is 12.7. The highest BCUT2D eigenvalue weighted by molar-refractivity contribution is 14.0. The Kier molecular flexibility index (Phi) is 8.09. The Morgan fingerprint density at radius 3 is 2.70 bits per heavy atom. The van der Waals surface area contributed by atoms with Gasteiger partial charge in [-0.15, -0.1) is 24.0 Å². The number of H-pyrrole nitrogens is 1. The van der Waals surface area contributed by atoms with Gasteiger partial charge in [-0.05, 0) is 56.0 Å². The summed E-state index contributed by atoms with van der Waals surface area (Å²) in [6, 6.07) is 10.4. The number of hydrogen-bond acceptors (Lipinski definition) is 2. The van der Waals surface area contributed by atoms with E-state index < -0.39 is 0 Å². The first-order valence-corrected chi connectivity index (χ1v) is 9.17. The molecule has 5 nitrogen and oxygen atoms in total. The van der Waals surface area contributed by atoms with Crippen molar-refractivity contribution in [2.75, 3.05) is 13.1 Å². The molecule has 0 fully saturated rings. The SMILES string of the molecule is CCNC(=NCc1ncccc1C)NCCc1c[nH]c2cccc(C)c12.I. The first kappa shape index (κ1) is 21.2. The fourth-order valence-electron chi connectivity index (χ4n) is 3.14. The lowest BCUT2D eigenvalue weighted by Gasteiger charge is -2.11. The van der Waals surface area contributed by atoms with Crippen molar-refractivity contribution in [2.45, 2.75) is 33.7 Å². The number of aromatic amines is 1. The van der Waals surface area contributed by atoms with Gasteiger partial charge in [0, 0.05) is 36.4 Å². The minimum Gasteiger partial charge on any atom is -0.361 e. The lowest BCUT2D eigenvalue weighted by molar-refractivity contribution is 0.797. The van der Waals surface area contributed by atoms with Gasteiger partial charge in [-0.3, -0.25) is 4.98 Å². The number of aliphatic imine (C=N–C) groups is 1. The number of nitrogens with one attached hydrogen (secondary N) is 3. The average Bonchev–Trinajstić information content (AvgIpc) is 3.05. The number of rotatable bonds is 6. The molecule has 3 rings (SSSR count). The fourth-order valence-corrected chi connectivity index (χ4v) is 3.14. The highest BCUT2D eigenvalue weighted by Crippen LogP contribution is 2.22. The van der Waals surface area contributed by atoms with Crippen molar-refractivity contribution in [3.63, 3.8) is 0 Å². The minimum atomic E-state index is 0. The second-order valence-electron chi connectivity index (χ2n) is 6.45. The Morgan fingerprint density at radius 2 is 1.93 bits per heavy atom. The van der Waals surface area contributed by atoms with E-state index >= 15 is 0 Å². The molecule has 0 aliphatic carbocycles. The second kappa shape index (κ2) is 10.3. The quantitative estimate of drug-likeness (QED) is 0.285. The van der Waals surface area contributed by atoms with Gasteiger partial charge < -0.3 is 15.6 Å². The van der Waals surface area contributed by atoms with Crippen LogP contribution in [0, 0.1) is 13.8 Å². The van der Waals surface area contributed by atoms with Gasteiger partial charge in [0.05, 0.1) is 12.2 Å². The van der Waals surface area contributed by atoms with Gasteiger partial charge in [-0.1, -0.05) is 18.2 Å². The summed E-state index contributed by atoms with van der Waals surface area (Å²) >= 11 is 0. The molecule has 0 aliphatic heterocycles. The van der Waals surface area contributed by atoms with Crippen molar-refractivity contribution in [2.24, 2.45) is 4.99 Å². The average molecular weight is 477 g/mol. The third-order valence-corrected chi connectivity index (χ3v) is 4.53. The third-order valence-electron chi connectivity index (χ3n) is 4.53. The van der Waals surface area contributed by atoms with Crippen molar-refractivity contribution in [3.05, 3.63) is 65.1 Å². The van der Waals surface area contributed by atoms with Gasteiger partial charge in [0.1, 0.15) is 0 Å². The molecule has 6 heteroatoms. The van der Waals surface area contributed by atoms with Gasteiger partial charge in [-0.25, -0.2) is 4.99 Å². The van der Waals surface area contributed by atoms with Gasteiger partial charge in [0.2, 0.25) is 0 Å². The minimum absolute atomic E-state index is 0. The summed E-state index contributed by atoms with van der Waals surface area (Å²) in [6.07, 6.45) is 4.87. The molecule has 0 saturated heterocycles. The molecule has 2 heterocycles. The predicted molar refractivity (Wildman–Crippen MR) is 124 cm³/mol. The Labute approximate surface area is 178 Å². The highest BCUT2D eigenvalue weighted by Gasteiger charge is 2.06. The number of aromatic nitrogens is 2. The van der Waals surface area contributed by atoms with E-state index in [1.807, 2.05) is 12.3 Å². The molecule has 0 aliphatic rings. The van der Waals surface area contributed by atoms with Gasteiger partial charge in [0.15, 0.2) is 5.96 Å². The Balaban J connectivity index is 0.00000261. The zero-order valence-electron chi connectivity index (χ0n) is 16.2. The summed E-state index contributed by atoms with van der Waals surface area (Å²) in [5.41, 5.74) is 6.02. The molecule has 1 aromatic carbocycles. The molecule has 3 N–H and O–H groups in total. The molecular weight excluding hydrogens is 449 g/mol. The number of aryl methyl sites for hydroxylation is 2. The van der Waals surface area contributed by atoms with E-state index in [0.29, 0.717) is 6.54 Å². The Bertz CT molecular complexity index is 900. The van der Waals surface area contributed by atoms with E-state index in [9.17, 15) is 0 Å². The molecule has 3 aromatic rings. The normalized spacial score (nSPS) is 11.3. The number of pyridine rings is 1. The lowest BCUT2D eigenvalue weighted by Crippen LogP contribution is -2.38. The second-order valence-corrected chi connectivity index (χ2v) is 6.45. The summed E-state index contributed by atoms with van der Waals surface area (Å²) in [5, 5.41) is 8.07. The summed E-state index contributed by atoms with van der Waals surface area (Å²) in [6.45, 7) is 8.54. The largest absolute Gasteiger partial charge is 0.361 e. The topological polar surface area (TPSA) is 65.1 Å². The van der Waals surface area contributed by atoms with Crippen LogP contribution >= 0.6 is 24.0 Å². The molecule has 144 valence electrons. The number of guanidine groups is 1. The van der Waals surface area contributed by atoms with E-state index in [-0.39, 0.29) is 24.0 Å².